The lowest BCUT2D eigenvalue weighted by Gasteiger charge is -2.28. The van der Waals surface area contributed by atoms with Crippen molar-refractivity contribution >= 4 is 10.9 Å². The standard InChI is InChI=1S/C25H23N3O6/c1-26-21-19(24(29)27(2)25(26)30)20(14-4-7-16(31-3)8-5-14)28-10-11-32-23(22(21)28)15-6-9-17-18(12-15)34-13-33-17/h4-9,12,23H,10-11,13H2,1-3H3/t23-/m0/s1. The van der Waals surface area contributed by atoms with Gasteiger partial charge in [-0.15, -0.1) is 0 Å². The van der Waals surface area contributed by atoms with Crippen LogP contribution in [0.1, 0.15) is 17.4 Å². The second kappa shape index (κ2) is 7.53. The highest BCUT2D eigenvalue weighted by molar-refractivity contribution is 5.96. The van der Waals surface area contributed by atoms with Gasteiger partial charge in [-0.2, -0.15) is 0 Å². The van der Waals surface area contributed by atoms with E-state index in [2.05, 4.69) is 4.57 Å². The van der Waals surface area contributed by atoms with E-state index in [4.69, 9.17) is 18.9 Å². The number of methoxy groups -OCH3 is 1. The summed E-state index contributed by atoms with van der Waals surface area (Å²) in [6.45, 7) is 1.17. The van der Waals surface area contributed by atoms with E-state index < -0.39 is 6.10 Å². The molecule has 0 unspecified atom stereocenters. The van der Waals surface area contributed by atoms with Crippen LogP contribution in [0.15, 0.2) is 52.1 Å². The number of nitrogens with zero attached hydrogens (tertiary/aromatic N) is 3. The number of fused-ring (bicyclic) bond motifs is 4. The molecule has 1 atom stereocenters. The van der Waals surface area contributed by atoms with Crippen LogP contribution in [0.3, 0.4) is 0 Å². The summed E-state index contributed by atoms with van der Waals surface area (Å²) in [5, 5.41) is 0.487. The third-order valence-electron chi connectivity index (χ3n) is 6.62. The zero-order chi connectivity index (χ0) is 23.6. The minimum atomic E-state index is -0.490. The molecule has 0 fully saturated rings. The zero-order valence-corrected chi connectivity index (χ0v) is 19.0. The number of aryl methyl sites for hydroxylation is 1. The number of hydrogen-bond donors (Lipinski definition) is 0. The molecule has 2 aliphatic rings. The van der Waals surface area contributed by atoms with E-state index in [1.807, 2.05) is 42.5 Å². The van der Waals surface area contributed by atoms with Gasteiger partial charge in [0.05, 0.1) is 36.0 Å². The molecule has 174 valence electrons. The molecule has 0 saturated carbocycles. The van der Waals surface area contributed by atoms with Gasteiger partial charge in [-0.1, -0.05) is 6.07 Å². The fourth-order valence-corrected chi connectivity index (χ4v) is 4.96. The Kier molecular flexibility index (Phi) is 4.56. The van der Waals surface area contributed by atoms with Crippen LogP contribution >= 0.6 is 0 Å². The van der Waals surface area contributed by atoms with E-state index in [1.54, 1.807) is 14.2 Å². The first-order chi connectivity index (χ1) is 16.5. The molecule has 6 rings (SSSR count). The second-order valence-electron chi connectivity index (χ2n) is 8.41. The molecule has 0 N–H and O–H groups in total. The normalized spacial score (nSPS) is 16.6. The number of benzene rings is 2. The maximum atomic E-state index is 13.5. The smallest absolute Gasteiger partial charge is 0.331 e. The van der Waals surface area contributed by atoms with Gasteiger partial charge in [-0.3, -0.25) is 13.9 Å². The zero-order valence-electron chi connectivity index (χ0n) is 19.0. The minimum absolute atomic E-state index is 0.176. The van der Waals surface area contributed by atoms with Crippen LogP contribution in [0.2, 0.25) is 0 Å². The lowest BCUT2D eigenvalue weighted by molar-refractivity contribution is 0.0477. The van der Waals surface area contributed by atoms with Crippen molar-refractivity contribution in [2.45, 2.75) is 12.6 Å². The molecule has 9 nitrogen and oxygen atoms in total. The Labute approximate surface area is 194 Å². The van der Waals surface area contributed by atoms with Gasteiger partial charge in [0.25, 0.3) is 5.56 Å². The SMILES string of the molecule is COc1ccc(-c2c3c(=O)n(C)c(=O)n(C)c3c3n2CCO[C@H]3c2ccc3c(c2)OCO3)cc1. The third-order valence-corrected chi connectivity index (χ3v) is 6.62. The van der Waals surface area contributed by atoms with Crippen LogP contribution in [-0.2, 0) is 25.4 Å². The van der Waals surface area contributed by atoms with Gasteiger partial charge in [0.2, 0.25) is 6.79 Å². The van der Waals surface area contributed by atoms with Gasteiger partial charge >= 0.3 is 5.69 Å². The molecule has 2 aromatic carbocycles. The van der Waals surface area contributed by atoms with Crippen LogP contribution < -0.4 is 25.5 Å². The number of aromatic nitrogens is 3. The molecule has 0 radical (unpaired) electrons. The van der Waals surface area contributed by atoms with Crippen LogP contribution in [0.5, 0.6) is 17.2 Å². The number of rotatable bonds is 3. The molecular formula is C25H23N3O6. The molecule has 34 heavy (non-hydrogen) atoms. The summed E-state index contributed by atoms with van der Waals surface area (Å²) in [4.78, 5) is 26.4. The monoisotopic (exact) mass is 461 g/mol. The van der Waals surface area contributed by atoms with Crippen molar-refractivity contribution in [1.29, 1.82) is 0 Å². The summed E-state index contributed by atoms with van der Waals surface area (Å²) < 4.78 is 27.4. The molecule has 0 amide bonds. The van der Waals surface area contributed by atoms with Gasteiger partial charge in [0.15, 0.2) is 11.5 Å². The molecule has 4 aromatic rings. The highest BCUT2D eigenvalue weighted by Crippen LogP contribution is 2.43. The predicted octanol–water partition coefficient (Wildman–Crippen LogP) is 2.56. The van der Waals surface area contributed by atoms with E-state index in [0.29, 0.717) is 35.6 Å². The van der Waals surface area contributed by atoms with Crippen molar-refractivity contribution in [3.63, 3.8) is 0 Å². The van der Waals surface area contributed by atoms with Crippen LogP contribution in [0, 0.1) is 0 Å². The molecular weight excluding hydrogens is 438 g/mol. The van der Waals surface area contributed by atoms with Crippen molar-refractivity contribution in [3.05, 3.63) is 74.6 Å². The number of hydrogen-bond acceptors (Lipinski definition) is 6. The topological polar surface area (TPSA) is 85.9 Å². The van der Waals surface area contributed by atoms with Crippen molar-refractivity contribution < 1.29 is 18.9 Å². The average molecular weight is 461 g/mol. The highest BCUT2D eigenvalue weighted by Gasteiger charge is 2.33. The molecule has 9 heteroatoms. The highest BCUT2D eigenvalue weighted by atomic mass is 16.7. The Bertz CT molecular complexity index is 1560. The van der Waals surface area contributed by atoms with Gasteiger partial charge in [0.1, 0.15) is 11.9 Å². The second-order valence-corrected chi connectivity index (χ2v) is 8.41. The Hall–Kier alpha value is -3.98. The first-order valence-electron chi connectivity index (χ1n) is 11.0. The van der Waals surface area contributed by atoms with Crippen molar-refractivity contribution in [1.82, 2.24) is 13.7 Å². The van der Waals surface area contributed by atoms with E-state index >= 15 is 0 Å². The summed E-state index contributed by atoms with van der Waals surface area (Å²) in [6.07, 6.45) is -0.490. The predicted molar refractivity (Wildman–Crippen MR) is 125 cm³/mol. The molecule has 4 heterocycles. The van der Waals surface area contributed by atoms with Gasteiger partial charge in [-0.25, -0.2) is 4.79 Å². The summed E-state index contributed by atoms with van der Waals surface area (Å²) in [5.41, 5.74) is 3.10. The fraction of sp³-hybridized carbons (Fsp3) is 0.280. The minimum Gasteiger partial charge on any atom is -0.497 e. The van der Waals surface area contributed by atoms with Gasteiger partial charge in [-0.05, 0) is 47.5 Å². The molecule has 2 aromatic heterocycles. The summed E-state index contributed by atoms with van der Waals surface area (Å²) in [6, 6.07) is 13.3. The van der Waals surface area contributed by atoms with E-state index in [-0.39, 0.29) is 18.0 Å². The quantitative estimate of drug-likeness (QED) is 0.466. The number of ether oxygens (including phenoxy) is 4. The Balaban J connectivity index is 1.68. The molecule has 0 spiro atoms. The maximum Gasteiger partial charge on any atom is 0.331 e. The molecule has 0 saturated heterocycles. The summed E-state index contributed by atoms with van der Waals surface area (Å²) in [5.74, 6) is 2.05. The maximum absolute atomic E-state index is 13.5. The van der Waals surface area contributed by atoms with Crippen molar-refractivity contribution in [2.75, 3.05) is 20.5 Å². The summed E-state index contributed by atoms with van der Waals surface area (Å²) >= 11 is 0. The average Bonchev–Trinajstić information content (AvgIpc) is 3.48. The Morgan fingerprint density at radius 1 is 0.971 bits per heavy atom. The first kappa shape index (κ1) is 20.6. The molecule has 0 bridgehead atoms. The van der Waals surface area contributed by atoms with Crippen molar-refractivity contribution in [2.24, 2.45) is 14.1 Å². The van der Waals surface area contributed by atoms with Gasteiger partial charge in [0, 0.05) is 20.6 Å². The largest absolute Gasteiger partial charge is 0.497 e. The van der Waals surface area contributed by atoms with Crippen molar-refractivity contribution in [3.8, 4) is 28.5 Å². The Morgan fingerprint density at radius 2 is 1.74 bits per heavy atom. The third kappa shape index (κ3) is 2.83. The first-order valence-corrected chi connectivity index (χ1v) is 11.0. The lowest BCUT2D eigenvalue weighted by Crippen LogP contribution is -2.37. The van der Waals surface area contributed by atoms with Crippen LogP contribution in [0.25, 0.3) is 22.2 Å². The van der Waals surface area contributed by atoms with Crippen LogP contribution in [-0.4, -0.2) is 34.2 Å². The molecule has 0 aliphatic carbocycles. The van der Waals surface area contributed by atoms with Gasteiger partial charge < -0.3 is 23.5 Å². The van der Waals surface area contributed by atoms with E-state index in [0.717, 1.165) is 32.8 Å². The fourth-order valence-electron chi connectivity index (χ4n) is 4.96. The van der Waals surface area contributed by atoms with E-state index in [9.17, 15) is 9.59 Å². The van der Waals surface area contributed by atoms with Crippen LogP contribution in [0.4, 0.5) is 0 Å². The summed E-state index contributed by atoms with van der Waals surface area (Å²) in [7, 11) is 4.81. The lowest BCUT2D eigenvalue weighted by atomic mass is 10.0. The van der Waals surface area contributed by atoms with E-state index in [1.165, 1.54) is 11.6 Å². The Morgan fingerprint density at radius 3 is 2.50 bits per heavy atom. The molecule has 2 aliphatic heterocycles.